The van der Waals surface area contributed by atoms with Gasteiger partial charge in [0, 0.05) is 24.5 Å². The Balaban J connectivity index is 1.07. The Kier molecular flexibility index (Phi) is 22.8. The van der Waals surface area contributed by atoms with Crippen LogP contribution in [0.5, 0.6) is 11.5 Å². The van der Waals surface area contributed by atoms with Crippen LogP contribution in [-0.4, -0.2) is 122 Å². The maximum atomic E-state index is 15.9. The molecule has 2 saturated carbocycles. The number of ether oxygens (including phenoxy) is 8. The van der Waals surface area contributed by atoms with E-state index in [-0.39, 0.29) is 47.3 Å². The van der Waals surface area contributed by atoms with Crippen molar-refractivity contribution >= 4 is 41.7 Å². The molecule has 1 saturated heterocycles. The van der Waals surface area contributed by atoms with Crippen LogP contribution < -0.4 is 14.8 Å². The summed E-state index contributed by atoms with van der Waals surface area (Å²) < 4.78 is 49.9. The van der Waals surface area contributed by atoms with Crippen LogP contribution in [0.2, 0.25) is 0 Å². The normalized spacial score (nSPS) is 28.4. The number of hydrogen-bond donors (Lipinski definition) is 4. The lowest BCUT2D eigenvalue weighted by molar-refractivity contribution is -0.348. The monoisotopic (exact) mass is 1310 g/mol. The maximum absolute atomic E-state index is 15.9. The summed E-state index contributed by atoms with van der Waals surface area (Å²) in [5, 5.41) is 41.6. The maximum Gasteiger partial charge on any atom is 0.408 e. The van der Waals surface area contributed by atoms with Crippen molar-refractivity contribution in [2.24, 2.45) is 29.1 Å². The van der Waals surface area contributed by atoms with Crippen molar-refractivity contribution in [3.63, 3.8) is 0 Å². The molecule has 14 atom stereocenters. The number of fused-ring (bicyclic) bond motifs is 6. The number of nitrogens with one attached hydrogen (secondary N) is 1. The van der Waals surface area contributed by atoms with Gasteiger partial charge in [0.25, 0.3) is 0 Å². The molecule has 8 rings (SSSR count). The third-order valence-electron chi connectivity index (χ3n) is 21.0. The largest absolute Gasteiger partial charge is 0.487 e. The molecule has 0 aromatic heterocycles. The second kappa shape index (κ2) is 29.4. The summed E-state index contributed by atoms with van der Waals surface area (Å²) in [5.74, 6) is -4.68. The highest BCUT2D eigenvalue weighted by Crippen LogP contribution is 2.63. The smallest absolute Gasteiger partial charge is 0.408 e. The van der Waals surface area contributed by atoms with Crippen LogP contribution in [0.4, 0.5) is 4.79 Å². The minimum Gasteiger partial charge on any atom is -0.487 e. The van der Waals surface area contributed by atoms with Gasteiger partial charge in [-0.25, -0.2) is 14.4 Å². The number of benzene rings is 3. The Bertz CT molecular complexity index is 3300. The van der Waals surface area contributed by atoms with E-state index in [9.17, 15) is 39.3 Å². The van der Waals surface area contributed by atoms with E-state index in [1.54, 1.807) is 76.2 Å². The molecule has 3 aromatic carbocycles. The molecule has 2 aliphatic heterocycles. The Labute approximate surface area is 555 Å². The van der Waals surface area contributed by atoms with Gasteiger partial charge < -0.3 is 58.5 Å². The van der Waals surface area contributed by atoms with Gasteiger partial charge in [0.05, 0.1) is 42.4 Å². The topological polar surface area (TPSA) is 266 Å². The van der Waals surface area contributed by atoms with Gasteiger partial charge in [0.15, 0.2) is 17.0 Å². The average molecular weight is 1310 g/mol. The number of allylic oxidation sites excluding steroid dienone is 1. The number of alkyl carbamates (subject to hydrolysis) is 1. The zero-order chi connectivity index (χ0) is 69.0. The van der Waals surface area contributed by atoms with Gasteiger partial charge in [0.2, 0.25) is 6.10 Å². The molecular weight excluding hydrogens is 1200 g/mol. The Hall–Kier alpha value is -6.67. The molecule has 3 aromatic rings. The van der Waals surface area contributed by atoms with Crippen molar-refractivity contribution in [3.05, 3.63) is 105 Å². The van der Waals surface area contributed by atoms with Crippen molar-refractivity contribution in [2.75, 3.05) is 6.61 Å². The molecule has 3 fully saturated rings. The second-order valence-electron chi connectivity index (χ2n) is 29.7. The summed E-state index contributed by atoms with van der Waals surface area (Å²) in [6.07, 6.45) is -0.0142. The first-order valence-corrected chi connectivity index (χ1v) is 34.0. The van der Waals surface area contributed by atoms with Crippen molar-refractivity contribution < 1.29 is 86.8 Å². The fraction of sp³-hybridized carbons (Fsp3) is 0.640. The minimum atomic E-state index is -2.71. The molecule has 5 aliphatic rings. The van der Waals surface area contributed by atoms with E-state index >= 15 is 9.59 Å². The van der Waals surface area contributed by atoms with Crippen LogP contribution in [0.1, 0.15) is 224 Å². The third-order valence-corrected chi connectivity index (χ3v) is 21.0. The molecule has 516 valence electrons. The molecule has 1 unspecified atom stereocenters. The number of carbonyl (C=O) groups is 7. The van der Waals surface area contributed by atoms with Crippen LogP contribution in [0.3, 0.4) is 0 Å². The van der Waals surface area contributed by atoms with E-state index in [4.69, 9.17) is 37.9 Å². The van der Waals surface area contributed by atoms with Crippen LogP contribution in [0, 0.1) is 49.9 Å². The first-order chi connectivity index (χ1) is 44.1. The minimum absolute atomic E-state index is 0.00130. The van der Waals surface area contributed by atoms with Gasteiger partial charge in [-0.15, -0.1) is 0 Å². The molecule has 3 aliphatic carbocycles. The van der Waals surface area contributed by atoms with E-state index in [2.05, 4.69) is 39.9 Å². The second-order valence-corrected chi connectivity index (χ2v) is 29.7. The predicted molar refractivity (Wildman–Crippen MR) is 351 cm³/mol. The number of aliphatic hydroxyl groups is 3. The molecule has 1 amide bonds. The van der Waals surface area contributed by atoms with Gasteiger partial charge in [-0.3, -0.25) is 19.2 Å². The number of ketones is 1. The summed E-state index contributed by atoms with van der Waals surface area (Å²) in [5.41, 5.74) is -7.49. The molecule has 2 heterocycles. The van der Waals surface area contributed by atoms with E-state index in [0.717, 1.165) is 66.9 Å². The van der Waals surface area contributed by atoms with Crippen LogP contribution in [-0.2, 0) is 58.8 Å². The summed E-state index contributed by atoms with van der Waals surface area (Å²) in [4.78, 5) is 102. The Morgan fingerprint density at radius 3 is 1.96 bits per heavy atom. The first-order valence-electron chi connectivity index (χ1n) is 34.0. The van der Waals surface area contributed by atoms with Crippen molar-refractivity contribution in [1.29, 1.82) is 0 Å². The van der Waals surface area contributed by atoms with Crippen molar-refractivity contribution in [3.8, 4) is 11.5 Å². The Morgan fingerprint density at radius 1 is 0.755 bits per heavy atom. The highest BCUT2D eigenvalue weighted by atomic mass is 16.6. The first kappa shape index (κ1) is 73.1. The molecular formula is C75H103NO18. The standard InChI is InChI=1S/C75H103NO18/c1-43(2)25-22-26-44(3)27-23-28-45(4)29-24-38-71(13)39-37-53-49(8)61(47(6)48(7)62(53)92-71)88-56(79)34-35-57(80)89-63(59(51-30-18-16-19-31-51)76-69(85)94-70(10,11)12)68(84)93-73(15)58-46(5)36-40-75(73,86)66(90-67(83)52-32-20-17-21-33-52)64-72(14,65(82)60(58)81)54(78)41-55-74(64,42-87-55)91-50(9)77/h16-21,30-33,43-45,54-55,59-60,63-64,66,78,81,86H,22-29,34-42H2,1-15H3,(H,76,85)/t44-,45-,54+,55-,59+,60-,63-,64+,66+,71-,72-,73?,74+,75-/m1/s1. The summed E-state index contributed by atoms with van der Waals surface area (Å²) >= 11 is 0. The molecule has 0 spiro atoms. The summed E-state index contributed by atoms with van der Waals surface area (Å²) in [6.45, 7) is 26.9. The highest BCUT2D eigenvalue weighted by molar-refractivity contribution is 5.95. The number of carbonyl (C=O) groups excluding carboxylic acids is 7. The number of rotatable bonds is 25. The molecule has 19 nitrogen and oxygen atoms in total. The summed E-state index contributed by atoms with van der Waals surface area (Å²) in [6, 6.07) is 14.0. The Morgan fingerprint density at radius 2 is 1.36 bits per heavy atom. The van der Waals surface area contributed by atoms with Gasteiger partial charge in [-0.2, -0.15) is 0 Å². The van der Waals surface area contributed by atoms with Gasteiger partial charge >= 0.3 is 35.9 Å². The fourth-order valence-electron chi connectivity index (χ4n) is 15.4. The lowest BCUT2D eigenvalue weighted by Crippen LogP contribution is -2.82. The molecule has 4 N–H and O–H groups in total. The van der Waals surface area contributed by atoms with E-state index in [1.807, 2.05) is 20.8 Å². The van der Waals surface area contributed by atoms with Crippen LogP contribution in [0.15, 0.2) is 71.8 Å². The third kappa shape index (κ3) is 15.4. The van der Waals surface area contributed by atoms with Gasteiger partial charge in [0.1, 0.15) is 52.7 Å². The lowest BCUT2D eigenvalue weighted by atomic mass is 9.46. The number of Topliss-reactive ketones (excluding diaryl/α,β-unsaturated/α-hetero) is 1. The average Bonchev–Trinajstić information content (AvgIpc) is 0.671. The zero-order valence-corrected chi connectivity index (χ0v) is 58.0. The highest BCUT2D eigenvalue weighted by Gasteiger charge is 2.79. The van der Waals surface area contributed by atoms with Crippen LogP contribution >= 0.6 is 0 Å². The van der Waals surface area contributed by atoms with E-state index in [1.165, 1.54) is 64.5 Å². The van der Waals surface area contributed by atoms with Crippen LogP contribution in [0.25, 0.3) is 0 Å². The van der Waals surface area contributed by atoms with Crippen molar-refractivity contribution in [2.45, 2.75) is 271 Å². The SMILES string of the molecule is CC(=O)O[C@@]12CO[C@@H]1C[C@H](O)[C@@]1(C)C(=O)[C@H](O)C3=C(C)CC[C@@](O)([C@@H](OC(=O)c4ccccc4)[C@H]21)C3(C)OC(=O)[C@H](OC(=O)CCC(=O)Oc1c(C)c(C)c2c(c1C)CC[C@@](C)(CCC[C@H](C)CCC[C@H](C)CCCC(C)C)O2)[C@@H](NC(=O)OC(C)(C)C)c1ccccc1. The molecule has 94 heavy (non-hydrogen) atoms. The quantitative estimate of drug-likeness (QED) is 0.0266. The fourth-order valence-corrected chi connectivity index (χ4v) is 15.4. The molecule has 2 bridgehead atoms. The number of amides is 1. The summed E-state index contributed by atoms with van der Waals surface area (Å²) in [7, 11) is 0. The number of aliphatic hydroxyl groups excluding tert-OH is 2. The molecule has 19 heteroatoms. The predicted octanol–water partition coefficient (Wildman–Crippen LogP) is 12.4. The zero-order valence-electron chi connectivity index (χ0n) is 58.0. The van der Waals surface area contributed by atoms with Gasteiger partial charge in [-0.05, 0) is 160 Å². The van der Waals surface area contributed by atoms with E-state index < -0.39 is 131 Å². The van der Waals surface area contributed by atoms with E-state index in [0.29, 0.717) is 23.7 Å². The van der Waals surface area contributed by atoms with Gasteiger partial charge in [-0.1, -0.05) is 127 Å². The number of esters is 5. The van der Waals surface area contributed by atoms with Crippen molar-refractivity contribution in [1.82, 2.24) is 5.32 Å². The molecule has 0 radical (unpaired) electrons. The number of hydrogen-bond acceptors (Lipinski definition) is 18. The lowest BCUT2D eigenvalue weighted by Gasteiger charge is -2.67.